The highest BCUT2D eigenvalue weighted by molar-refractivity contribution is 7.13. The zero-order chi connectivity index (χ0) is 19.5. The first-order valence-electron chi connectivity index (χ1n) is 9.07. The molecule has 0 radical (unpaired) electrons. The largest absolute Gasteiger partial charge is 0.322 e. The molecule has 4 rings (SSSR count). The van der Waals surface area contributed by atoms with E-state index < -0.39 is 0 Å². The molecule has 3 nitrogen and oxygen atoms in total. The molecular weight excluding hydrogens is 388 g/mol. The second-order valence-electron chi connectivity index (χ2n) is 6.39. The fourth-order valence-electron chi connectivity index (χ4n) is 3.22. The molecule has 2 aromatic heterocycles. The molecule has 5 heteroatoms. The molecule has 0 atom stereocenters. The van der Waals surface area contributed by atoms with Crippen LogP contribution in [0.5, 0.6) is 0 Å². The van der Waals surface area contributed by atoms with Crippen LogP contribution in [0, 0.1) is 0 Å². The Morgan fingerprint density at radius 3 is 2.46 bits per heavy atom. The summed E-state index contributed by atoms with van der Waals surface area (Å²) in [5.74, 6) is -0.102. The molecule has 2 heterocycles. The number of para-hydroxylation sites is 1. The second-order valence-corrected chi connectivity index (χ2v) is 7.71. The fourth-order valence-corrected chi connectivity index (χ4v) is 4.31. The molecule has 0 bridgehead atoms. The summed E-state index contributed by atoms with van der Waals surface area (Å²) in [6, 6.07) is 19.5. The highest BCUT2D eigenvalue weighted by Crippen LogP contribution is 2.36. The van der Waals surface area contributed by atoms with Crippen LogP contribution in [0.4, 0.5) is 5.69 Å². The maximum absolute atomic E-state index is 13.2. The van der Waals surface area contributed by atoms with Gasteiger partial charge in [0.2, 0.25) is 0 Å². The molecule has 4 aromatic rings. The molecule has 0 saturated carbocycles. The monoisotopic (exact) mass is 406 g/mol. The SMILES string of the molecule is CCc1ccccc1NC(=O)c1scc(-c2ccc(Cl)cc2)c1-n1cccc1. The van der Waals surface area contributed by atoms with Gasteiger partial charge in [-0.15, -0.1) is 11.3 Å². The van der Waals surface area contributed by atoms with Crippen molar-refractivity contribution in [3.05, 3.63) is 93.9 Å². The van der Waals surface area contributed by atoms with Crippen LogP contribution < -0.4 is 5.32 Å². The third kappa shape index (κ3) is 3.61. The van der Waals surface area contributed by atoms with Gasteiger partial charge in [-0.25, -0.2) is 0 Å². The van der Waals surface area contributed by atoms with Crippen LogP contribution >= 0.6 is 22.9 Å². The molecule has 0 saturated heterocycles. The number of hydrogen-bond donors (Lipinski definition) is 1. The average molecular weight is 407 g/mol. The minimum atomic E-state index is -0.102. The Balaban J connectivity index is 1.77. The number of thiophene rings is 1. The Hall–Kier alpha value is -2.82. The quantitative estimate of drug-likeness (QED) is 0.394. The van der Waals surface area contributed by atoms with Gasteiger partial charge in [0.25, 0.3) is 5.91 Å². The summed E-state index contributed by atoms with van der Waals surface area (Å²) in [7, 11) is 0. The maximum Gasteiger partial charge on any atom is 0.267 e. The Kier molecular flexibility index (Phi) is 5.33. The number of carbonyl (C=O) groups excluding carboxylic acids is 1. The summed E-state index contributed by atoms with van der Waals surface area (Å²) in [4.78, 5) is 13.8. The maximum atomic E-state index is 13.2. The second kappa shape index (κ2) is 8.05. The van der Waals surface area contributed by atoms with Gasteiger partial charge in [0.15, 0.2) is 0 Å². The molecule has 0 spiro atoms. The molecule has 0 aliphatic rings. The van der Waals surface area contributed by atoms with Crippen molar-refractivity contribution < 1.29 is 4.79 Å². The van der Waals surface area contributed by atoms with Crippen molar-refractivity contribution in [2.24, 2.45) is 0 Å². The predicted molar refractivity (Wildman–Crippen MR) is 118 cm³/mol. The highest BCUT2D eigenvalue weighted by atomic mass is 35.5. The molecule has 1 N–H and O–H groups in total. The number of benzene rings is 2. The summed E-state index contributed by atoms with van der Waals surface area (Å²) in [6.45, 7) is 2.08. The first kappa shape index (κ1) is 18.5. The molecule has 0 aliphatic carbocycles. The molecule has 0 fully saturated rings. The van der Waals surface area contributed by atoms with Gasteiger partial charge >= 0.3 is 0 Å². The molecule has 0 unspecified atom stereocenters. The van der Waals surface area contributed by atoms with E-state index in [-0.39, 0.29) is 5.91 Å². The van der Waals surface area contributed by atoms with E-state index >= 15 is 0 Å². The zero-order valence-electron chi connectivity index (χ0n) is 15.4. The Bertz CT molecular complexity index is 1100. The van der Waals surface area contributed by atoms with Crippen molar-refractivity contribution in [1.29, 1.82) is 0 Å². The van der Waals surface area contributed by atoms with Gasteiger partial charge in [-0.05, 0) is 47.9 Å². The average Bonchev–Trinajstić information content (AvgIpc) is 3.38. The van der Waals surface area contributed by atoms with Gasteiger partial charge in [-0.1, -0.05) is 48.9 Å². The van der Waals surface area contributed by atoms with Crippen LogP contribution in [-0.4, -0.2) is 10.5 Å². The summed E-state index contributed by atoms with van der Waals surface area (Å²) in [6.07, 6.45) is 4.78. The van der Waals surface area contributed by atoms with Gasteiger partial charge in [0.05, 0.1) is 5.69 Å². The lowest BCUT2D eigenvalue weighted by molar-refractivity contribution is 0.103. The third-order valence-electron chi connectivity index (χ3n) is 4.64. The van der Waals surface area contributed by atoms with Crippen molar-refractivity contribution in [1.82, 2.24) is 4.57 Å². The number of hydrogen-bond acceptors (Lipinski definition) is 2. The summed E-state index contributed by atoms with van der Waals surface area (Å²) < 4.78 is 1.99. The van der Waals surface area contributed by atoms with Crippen LogP contribution in [0.2, 0.25) is 5.02 Å². The Labute approximate surface area is 173 Å². The van der Waals surface area contributed by atoms with Crippen LogP contribution in [-0.2, 0) is 6.42 Å². The summed E-state index contributed by atoms with van der Waals surface area (Å²) in [5, 5.41) is 5.81. The fraction of sp³-hybridized carbons (Fsp3) is 0.0870. The van der Waals surface area contributed by atoms with Crippen molar-refractivity contribution in [2.45, 2.75) is 13.3 Å². The van der Waals surface area contributed by atoms with E-state index in [2.05, 4.69) is 12.2 Å². The lowest BCUT2D eigenvalue weighted by Gasteiger charge is -2.12. The number of nitrogens with zero attached hydrogens (tertiary/aromatic N) is 1. The third-order valence-corrected chi connectivity index (χ3v) is 5.86. The summed E-state index contributed by atoms with van der Waals surface area (Å²) in [5.41, 5.74) is 4.88. The van der Waals surface area contributed by atoms with Crippen molar-refractivity contribution in [2.75, 3.05) is 5.32 Å². The number of aromatic nitrogens is 1. The van der Waals surface area contributed by atoms with Crippen LogP contribution in [0.15, 0.2) is 78.4 Å². The van der Waals surface area contributed by atoms with E-state index in [1.165, 1.54) is 11.3 Å². The van der Waals surface area contributed by atoms with E-state index in [1.807, 2.05) is 83.0 Å². The van der Waals surface area contributed by atoms with E-state index in [4.69, 9.17) is 11.6 Å². The van der Waals surface area contributed by atoms with Gasteiger partial charge in [0.1, 0.15) is 4.88 Å². The van der Waals surface area contributed by atoms with Gasteiger partial charge in [-0.2, -0.15) is 0 Å². The normalized spacial score (nSPS) is 10.8. The first-order valence-corrected chi connectivity index (χ1v) is 10.3. The minimum Gasteiger partial charge on any atom is -0.322 e. The smallest absolute Gasteiger partial charge is 0.267 e. The number of aryl methyl sites for hydroxylation is 1. The Morgan fingerprint density at radius 1 is 1.04 bits per heavy atom. The topological polar surface area (TPSA) is 34.0 Å². The molecule has 28 heavy (non-hydrogen) atoms. The van der Waals surface area contributed by atoms with Crippen molar-refractivity contribution in [3.8, 4) is 16.8 Å². The molecule has 0 aliphatic heterocycles. The number of halogens is 1. The van der Waals surface area contributed by atoms with Gasteiger partial charge < -0.3 is 9.88 Å². The van der Waals surface area contributed by atoms with Gasteiger partial charge in [0, 0.05) is 34.0 Å². The summed E-state index contributed by atoms with van der Waals surface area (Å²) >= 11 is 7.49. The number of nitrogens with one attached hydrogen (secondary N) is 1. The minimum absolute atomic E-state index is 0.102. The van der Waals surface area contributed by atoms with E-state index in [1.54, 1.807) is 0 Å². The molecule has 140 valence electrons. The van der Waals surface area contributed by atoms with Crippen molar-refractivity contribution in [3.63, 3.8) is 0 Å². The van der Waals surface area contributed by atoms with Crippen molar-refractivity contribution >= 4 is 34.5 Å². The first-order chi connectivity index (χ1) is 13.7. The lowest BCUT2D eigenvalue weighted by atomic mass is 10.1. The van der Waals surface area contributed by atoms with E-state index in [0.29, 0.717) is 9.90 Å². The number of rotatable bonds is 5. The number of anilines is 1. The van der Waals surface area contributed by atoms with Crippen LogP contribution in [0.3, 0.4) is 0 Å². The number of amides is 1. The predicted octanol–water partition coefficient (Wildman–Crippen LogP) is 6.67. The zero-order valence-corrected chi connectivity index (χ0v) is 16.9. The van der Waals surface area contributed by atoms with E-state index in [0.717, 1.165) is 34.5 Å². The number of carbonyl (C=O) groups is 1. The van der Waals surface area contributed by atoms with E-state index in [9.17, 15) is 4.79 Å². The Morgan fingerprint density at radius 2 is 1.75 bits per heavy atom. The molecule has 1 amide bonds. The molecular formula is C23H19ClN2OS. The van der Waals surface area contributed by atoms with Gasteiger partial charge in [-0.3, -0.25) is 4.79 Å². The van der Waals surface area contributed by atoms with Crippen LogP contribution in [0.1, 0.15) is 22.2 Å². The van der Waals surface area contributed by atoms with Crippen LogP contribution in [0.25, 0.3) is 16.8 Å². The standard InChI is InChI=1S/C23H19ClN2OS/c1-2-16-7-3-4-8-20(16)25-23(27)22-21(26-13-5-6-14-26)19(15-28-22)17-9-11-18(24)12-10-17/h3-15H,2H2,1H3,(H,25,27). The highest BCUT2D eigenvalue weighted by Gasteiger charge is 2.21. The lowest BCUT2D eigenvalue weighted by Crippen LogP contribution is -2.14. The molecule has 2 aromatic carbocycles.